The van der Waals surface area contributed by atoms with Crippen LogP contribution >= 0.6 is 0 Å². The van der Waals surface area contributed by atoms with Gasteiger partial charge in [-0.05, 0) is 13.8 Å². The second-order valence-electron chi connectivity index (χ2n) is 1.71. The van der Waals surface area contributed by atoms with E-state index in [1.54, 1.807) is 6.07 Å². The monoisotopic (exact) mass is 141 g/mol. The van der Waals surface area contributed by atoms with Gasteiger partial charge in [0.2, 0.25) is 0 Å². The van der Waals surface area contributed by atoms with Crippen molar-refractivity contribution in [3.8, 4) is 6.07 Å². The second kappa shape index (κ2) is 4.88. The van der Waals surface area contributed by atoms with Gasteiger partial charge in [-0.25, -0.2) is 4.89 Å². The fourth-order valence-corrected chi connectivity index (χ4v) is 0.0204. The molecule has 0 heterocycles. The van der Waals surface area contributed by atoms with Crippen molar-refractivity contribution in [3.05, 3.63) is 0 Å². The van der Waals surface area contributed by atoms with Crippen LogP contribution in [0.4, 0.5) is 0 Å². The van der Waals surface area contributed by atoms with E-state index in [0.29, 0.717) is 0 Å². The summed E-state index contributed by atoms with van der Waals surface area (Å²) in [5, 5.41) is 15.9. The summed E-state index contributed by atoms with van der Waals surface area (Å²) in [6.07, 6.45) is 0. The molecular weight excluding hydrogens is 133 g/mol. The molecule has 0 unspecified atom stereocenters. The summed E-state index contributed by atoms with van der Waals surface area (Å²) in [6.45, 7) is 2.93. The van der Waals surface area contributed by atoms with E-state index in [4.69, 9.17) is 10.5 Å². The average molecular weight is 141 g/mol. The predicted octanol–water partition coefficient (Wildman–Crippen LogP) is -2.11. The second-order valence-corrected chi connectivity index (χ2v) is 1.71. The molecule has 0 fully saturated rings. The van der Waals surface area contributed by atoms with Crippen LogP contribution in [0.1, 0.15) is 15.3 Å². The third-order valence-electron chi connectivity index (χ3n) is 0.497. The van der Waals surface area contributed by atoms with Gasteiger partial charge >= 0.3 is 51.4 Å². The first-order chi connectivity index (χ1) is 3.12. The number of nitrogens with zero attached hydrogens (tertiary/aromatic N) is 1. The Hall–Kier alpha value is 1.05. The van der Waals surface area contributed by atoms with E-state index in [9.17, 15) is 0 Å². The Kier molecular flexibility index (Phi) is 7.20. The van der Waals surface area contributed by atoms with Crippen LogP contribution < -0.4 is 51.4 Å². The van der Waals surface area contributed by atoms with Crippen LogP contribution in [-0.4, -0.2) is 10.9 Å². The van der Waals surface area contributed by atoms with Gasteiger partial charge in [-0.2, -0.15) is 5.26 Å². The van der Waals surface area contributed by atoms with E-state index in [2.05, 4.69) is 4.89 Å². The van der Waals surface area contributed by atoms with Crippen LogP contribution in [0.5, 0.6) is 0 Å². The van der Waals surface area contributed by atoms with Gasteiger partial charge in [0.1, 0.15) is 6.07 Å². The summed E-state index contributed by atoms with van der Waals surface area (Å²) in [5.41, 5.74) is -1.06. The molecule has 0 aromatic rings. The van der Waals surface area contributed by atoms with Crippen LogP contribution in [0.15, 0.2) is 0 Å². The zero-order valence-corrected chi connectivity index (χ0v) is 8.43. The van der Waals surface area contributed by atoms with Crippen molar-refractivity contribution in [1.29, 1.82) is 5.26 Å². The largest absolute Gasteiger partial charge is 1.00 e. The summed E-state index contributed by atoms with van der Waals surface area (Å²) in [5.74, 6) is 0. The van der Waals surface area contributed by atoms with Crippen molar-refractivity contribution in [2.45, 2.75) is 19.4 Å². The molecule has 3 nitrogen and oxygen atoms in total. The molecule has 42 valence electrons. The van der Waals surface area contributed by atoms with Crippen molar-refractivity contribution in [2.75, 3.05) is 0 Å². The maximum absolute atomic E-state index is 8.06. The van der Waals surface area contributed by atoms with Crippen molar-refractivity contribution in [2.24, 2.45) is 0 Å². The predicted molar refractivity (Wildman–Crippen MR) is 24.5 cm³/mol. The summed E-state index contributed by atoms with van der Waals surface area (Å²) in [7, 11) is 0. The van der Waals surface area contributed by atoms with E-state index in [1.807, 2.05) is 0 Å². The molecule has 0 amide bonds. The third-order valence-corrected chi connectivity index (χ3v) is 0.497. The Balaban J connectivity index is -0.000000180. The molecule has 8 heavy (non-hydrogen) atoms. The van der Waals surface area contributed by atoms with E-state index in [-0.39, 0.29) is 52.8 Å². The van der Waals surface area contributed by atoms with Crippen molar-refractivity contribution in [1.82, 2.24) is 0 Å². The molecule has 0 spiro atoms. The van der Waals surface area contributed by atoms with Crippen molar-refractivity contribution < 1.29 is 63.0 Å². The number of hydrogen-bond acceptors (Lipinski definition) is 3. The Morgan fingerprint density at radius 1 is 1.75 bits per heavy atom. The number of nitriles is 1. The molecule has 0 rings (SSSR count). The van der Waals surface area contributed by atoms with Gasteiger partial charge in [-0.3, -0.25) is 5.26 Å². The van der Waals surface area contributed by atoms with Gasteiger partial charge in [0.25, 0.3) is 0 Å². The van der Waals surface area contributed by atoms with Crippen LogP contribution in [-0.2, 0) is 4.89 Å². The molecule has 4 heteroatoms. The summed E-state index contributed by atoms with van der Waals surface area (Å²) >= 11 is 0. The van der Waals surface area contributed by atoms with E-state index in [1.165, 1.54) is 13.8 Å². The maximum atomic E-state index is 8.06. The van der Waals surface area contributed by atoms with Gasteiger partial charge in [0.15, 0.2) is 5.60 Å². The molecule has 0 bridgehead atoms. The fourth-order valence-electron chi connectivity index (χ4n) is 0.0204. The quantitative estimate of drug-likeness (QED) is 0.258. The van der Waals surface area contributed by atoms with Gasteiger partial charge in [-0.1, -0.05) is 0 Å². The number of hydrogen-bond donors (Lipinski definition) is 1. The van der Waals surface area contributed by atoms with Gasteiger partial charge in [-0.15, -0.1) is 0 Å². The van der Waals surface area contributed by atoms with Crippen LogP contribution in [0.2, 0.25) is 0 Å². The Bertz CT molecular complexity index is 101. The normalized spacial score (nSPS) is 9.25. The van der Waals surface area contributed by atoms with Gasteiger partial charge in [0.05, 0.1) is 0 Å². The maximum Gasteiger partial charge on any atom is 1.00 e. The number of rotatable bonds is 1. The molecule has 0 atom stereocenters. The minimum atomic E-state index is -1.06. The SMILES string of the molecule is CC(C)(C#N)OO.[H-].[K+]. The molecule has 0 aliphatic carbocycles. The van der Waals surface area contributed by atoms with E-state index < -0.39 is 5.60 Å². The molecule has 0 saturated carbocycles. The van der Waals surface area contributed by atoms with Crippen molar-refractivity contribution >= 4 is 0 Å². The van der Waals surface area contributed by atoms with Crippen LogP contribution in [0.3, 0.4) is 0 Å². The van der Waals surface area contributed by atoms with Crippen LogP contribution in [0, 0.1) is 11.3 Å². The smallest absolute Gasteiger partial charge is 1.00 e. The third kappa shape index (κ3) is 5.19. The Morgan fingerprint density at radius 3 is 2.12 bits per heavy atom. The summed E-state index contributed by atoms with van der Waals surface area (Å²) < 4.78 is 0. The minimum absolute atomic E-state index is 0. The summed E-state index contributed by atoms with van der Waals surface area (Å²) in [6, 6.07) is 1.72. The zero-order chi connectivity index (χ0) is 5.91. The molecule has 1 N–H and O–H groups in total. The van der Waals surface area contributed by atoms with Crippen LogP contribution in [0.25, 0.3) is 0 Å². The van der Waals surface area contributed by atoms with Gasteiger partial charge < -0.3 is 1.43 Å². The summed E-state index contributed by atoms with van der Waals surface area (Å²) in [4.78, 5) is 3.73. The molecule has 0 aliphatic heterocycles. The fraction of sp³-hybridized carbons (Fsp3) is 0.750. The molecular formula is C4H8KNO2. The molecule has 0 aromatic carbocycles. The standard InChI is InChI=1S/C4H7NO2.K.H/c1-4(2,3-5)7-6;;/h6H,1-2H3;;/q;+1;-1. The van der Waals surface area contributed by atoms with E-state index >= 15 is 0 Å². The van der Waals surface area contributed by atoms with Crippen molar-refractivity contribution in [3.63, 3.8) is 0 Å². The Labute approximate surface area is 92.5 Å². The first-order valence-corrected chi connectivity index (χ1v) is 1.86. The van der Waals surface area contributed by atoms with E-state index in [0.717, 1.165) is 0 Å². The zero-order valence-electron chi connectivity index (χ0n) is 6.30. The molecule has 0 aliphatic rings. The minimum Gasteiger partial charge on any atom is -1.00 e. The average Bonchev–Trinajstić information content (AvgIpc) is 1.68. The van der Waals surface area contributed by atoms with Gasteiger partial charge in [0, 0.05) is 0 Å². The molecule has 0 radical (unpaired) electrons. The first kappa shape index (κ1) is 11.8. The molecule has 0 aromatic heterocycles. The topological polar surface area (TPSA) is 53.2 Å². The first-order valence-electron chi connectivity index (χ1n) is 1.86. The Morgan fingerprint density at radius 2 is 2.12 bits per heavy atom. The molecule has 0 saturated heterocycles.